The van der Waals surface area contributed by atoms with Crippen LogP contribution in [0.15, 0.2) is 24.3 Å². The number of rotatable bonds is 7. The zero-order valence-electron chi connectivity index (χ0n) is 12.9. The number of nitrogens with one attached hydrogen (secondary N) is 1. The van der Waals surface area contributed by atoms with Crippen LogP contribution in [0.2, 0.25) is 0 Å². The molecular formula is C17H28N2O. The van der Waals surface area contributed by atoms with Crippen LogP contribution in [0.5, 0.6) is 0 Å². The van der Waals surface area contributed by atoms with Gasteiger partial charge in [0, 0.05) is 30.9 Å². The number of anilines is 1. The lowest BCUT2D eigenvalue weighted by Gasteiger charge is -2.31. The van der Waals surface area contributed by atoms with E-state index in [4.69, 9.17) is 0 Å². The predicted molar refractivity (Wildman–Crippen MR) is 85.1 cm³/mol. The molecule has 0 unspecified atom stereocenters. The molecule has 1 heterocycles. The Balaban J connectivity index is 1.93. The van der Waals surface area contributed by atoms with Crippen LogP contribution in [-0.2, 0) is 6.54 Å². The van der Waals surface area contributed by atoms with E-state index in [1.807, 2.05) is 0 Å². The van der Waals surface area contributed by atoms with Crippen LogP contribution in [0.4, 0.5) is 5.69 Å². The normalized spacial score (nSPS) is 15.8. The van der Waals surface area contributed by atoms with Gasteiger partial charge in [0.05, 0.1) is 6.61 Å². The SMILES string of the molecule is CCC(CC)(CO)NCc1ccc(N2CCCC2)cc1. The minimum Gasteiger partial charge on any atom is -0.394 e. The Bertz CT molecular complexity index is 384. The van der Waals surface area contributed by atoms with Crippen molar-refractivity contribution in [3.05, 3.63) is 29.8 Å². The molecule has 3 nitrogen and oxygen atoms in total. The van der Waals surface area contributed by atoms with E-state index in [0.29, 0.717) is 0 Å². The predicted octanol–water partition coefficient (Wildman–Crippen LogP) is 2.93. The lowest BCUT2D eigenvalue weighted by molar-refractivity contribution is 0.149. The molecular weight excluding hydrogens is 248 g/mol. The molecule has 1 aromatic carbocycles. The van der Waals surface area contributed by atoms with Crippen molar-refractivity contribution in [2.75, 3.05) is 24.6 Å². The highest BCUT2D eigenvalue weighted by Gasteiger charge is 2.23. The molecule has 1 fully saturated rings. The van der Waals surface area contributed by atoms with Gasteiger partial charge in [-0.2, -0.15) is 0 Å². The third kappa shape index (κ3) is 3.53. The van der Waals surface area contributed by atoms with Crippen molar-refractivity contribution in [2.45, 2.75) is 51.6 Å². The fourth-order valence-electron chi connectivity index (χ4n) is 2.87. The van der Waals surface area contributed by atoms with Crippen molar-refractivity contribution < 1.29 is 5.11 Å². The molecule has 1 aromatic rings. The molecule has 0 spiro atoms. The average Bonchev–Trinajstić information content (AvgIpc) is 3.04. The molecule has 2 rings (SSSR count). The average molecular weight is 276 g/mol. The van der Waals surface area contributed by atoms with E-state index in [1.54, 1.807) is 0 Å². The maximum atomic E-state index is 9.57. The quantitative estimate of drug-likeness (QED) is 0.804. The Kier molecular flexibility index (Phi) is 5.44. The van der Waals surface area contributed by atoms with Gasteiger partial charge >= 0.3 is 0 Å². The second kappa shape index (κ2) is 7.09. The van der Waals surface area contributed by atoms with Crippen LogP contribution in [0.3, 0.4) is 0 Å². The van der Waals surface area contributed by atoms with Crippen LogP contribution in [0.25, 0.3) is 0 Å². The summed E-state index contributed by atoms with van der Waals surface area (Å²) in [6, 6.07) is 8.85. The van der Waals surface area contributed by atoms with Crippen LogP contribution in [0.1, 0.15) is 45.1 Å². The van der Waals surface area contributed by atoms with E-state index in [1.165, 1.54) is 37.2 Å². The van der Waals surface area contributed by atoms with Gasteiger partial charge in [-0.15, -0.1) is 0 Å². The first-order chi connectivity index (χ1) is 9.73. The van der Waals surface area contributed by atoms with Gasteiger partial charge in [-0.3, -0.25) is 0 Å². The van der Waals surface area contributed by atoms with E-state index in [9.17, 15) is 5.11 Å². The van der Waals surface area contributed by atoms with E-state index < -0.39 is 0 Å². The third-order valence-electron chi connectivity index (χ3n) is 4.73. The molecule has 2 N–H and O–H groups in total. The summed E-state index contributed by atoms with van der Waals surface area (Å²) in [5.74, 6) is 0. The third-order valence-corrected chi connectivity index (χ3v) is 4.73. The van der Waals surface area contributed by atoms with Gasteiger partial charge in [-0.1, -0.05) is 26.0 Å². The first-order valence-electron chi connectivity index (χ1n) is 7.93. The molecule has 1 saturated heterocycles. The van der Waals surface area contributed by atoms with Crippen molar-refractivity contribution in [1.29, 1.82) is 0 Å². The Morgan fingerprint density at radius 1 is 1.10 bits per heavy atom. The molecule has 0 amide bonds. The molecule has 0 aromatic heterocycles. The first kappa shape index (κ1) is 15.3. The number of benzene rings is 1. The molecule has 0 bridgehead atoms. The Hall–Kier alpha value is -1.06. The maximum absolute atomic E-state index is 9.57. The standard InChI is InChI=1S/C17H28N2O/c1-3-17(4-2,14-20)18-13-15-7-9-16(10-8-15)19-11-5-6-12-19/h7-10,18,20H,3-6,11-14H2,1-2H3. The van der Waals surface area contributed by atoms with Gasteiger partial charge in [0.25, 0.3) is 0 Å². The van der Waals surface area contributed by atoms with Gasteiger partial charge in [-0.05, 0) is 43.4 Å². The Morgan fingerprint density at radius 2 is 1.70 bits per heavy atom. The van der Waals surface area contributed by atoms with Crippen molar-refractivity contribution in [2.24, 2.45) is 0 Å². The number of hydrogen-bond acceptors (Lipinski definition) is 3. The summed E-state index contributed by atoms with van der Waals surface area (Å²) in [5, 5.41) is 13.1. The summed E-state index contributed by atoms with van der Waals surface area (Å²) in [7, 11) is 0. The molecule has 0 aliphatic carbocycles. The second-order valence-electron chi connectivity index (χ2n) is 5.86. The Morgan fingerprint density at radius 3 is 2.20 bits per heavy atom. The summed E-state index contributed by atoms with van der Waals surface area (Å²) in [5.41, 5.74) is 2.49. The van der Waals surface area contributed by atoms with Gasteiger partial charge < -0.3 is 15.3 Å². The van der Waals surface area contributed by atoms with Crippen LogP contribution in [-0.4, -0.2) is 30.3 Å². The summed E-state index contributed by atoms with van der Waals surface area (Å²) in [6.45, 7) is 7.66. The van der Waals surface area contributed by atoms with Crippen molar-refractivity contribution in [3.63, 3.8) is 0 Å². The van der Waals surface area contributed by atoms with Crippen molar-refractivity contribution in [1.82, 2.24) is 5.32 Å². The highest BCUT2D eigenvalue weighted by Crippen LogP contribution is 2.21. The van der Waals surface area contributed by atoms with E-state index in [-0.39, 0.29) is 12.1 Å². The van der Waals surface area contributed by atoms with E-state index in [0.717, 1.165) is 19.4 Å². The minimum absolute atomic E-state index is 0.131. The number of aliphatic hydroxyl groups excluding tert-OH is 1. The molecule has 0 radical (unpaired) electrons. The highest BCUT2D eigenvalue weighted by atomic mass is 16.3. The number of nitrogens with zero attached hydrogens (tertiary/aromatic N) is 1. The zero-order valence-corrected chi connectivity index (χ0v) is 12.9. The topological polar surface area (TPSA) is 35.5 Å². The summed E-state index contributed by atoms with van der Waals surface area (Å²) < 4.78 is 0. The maximum Gasteiger partial charge on any atom is 0.0613 e. The largest absolute Gasteiger partial charge is 0.394 e. The van der Waals surface area contributed by atoms with Crippen LogP contribution in [0, 0.1) is 0 Å². The van der Waals surface area contributed by atoms with Crippen LogP contribution < -0.4 is 10.2 Å². The van der Waals surface area contributed by atoms with Crippen LogP contribution >= 0.6 is 0 Å². The molecule has 112 valence electrons. The molecule has 3 heteroatoms. The fourth-order valence-corrected chi connectivity index (χ4v) is 2.87. The first-order valence-corrected chi connectivity index (χ1v) is 7.93. The highest BCUT2D eigenvalue weighted by molar-refractivity contribution is 5.48. The summed E-state index contributed by atoms with van der Waals surface area (Å²) in [4.78, 5) is 2.45. The summed E-state index contributed by atoms with van der Waals surface area (Å²) in [6.07, 6.45) is 4.53. The second-order valence-corrected chi connectivity index (χ2v) is 5.86. The molecule has 0 saturated carbocycles. The van der Waals surface area contributed by atoms with E-state index >= 15 is 0 Å². The van der Waals surface area contributed by atoms with Gasteiger partial charge in [0.2, 0.25) is 0 Å². The molecule has 0 atom stereocenters. The molecule has 1 aliphatic heterocycles. The number of hydrogen-bond donors (Lipinski definition) is 2. The minimum atomic E-state index is -0.131. The van der Waals surface area contributed by atoms with Gasteiger partial charge in [-0.25, -0.2) is 0 Å². The fraction of sp³-hybridized carbons (Fsp3) is 0.647. The van der Waals surface area contributed by atoms with E-state index in [2.05, 4.69) is 48.3 Å². The lowest BCUT2D eigenvalue weighted by Crippen LogP contribution is -2.47. The van der Waals surface area contributed by atoms with Gasteiger partial charge in [0.15, 0.2) is 0 Å². The number of aliphatic hydroxyl groups is 1. The Labute approximate surface area is 123 Å². The van der Waals surface area contributed by atoms with Crippen molar-refractivity contribution in [3.8, 4) is 0 Å². The van der Waals surface area contributed by atoms with Gasteiger partial charge in [0.1, 0.15) is 0 Å². The molecule has 20 heavy (non-hydrogen) atoms. The van der Waals surface area contributed by atoms with Crippen molar-refractivity contribution >= 4 is 5.69 Å². The monoisotopic (exact) mass is 276 g/mol. The molecule has 1 aliphatic rings. The smallest absolute Gasteiger partial charge is 0.0613 e. The lowest BCUT2D eigenvalue weighted by atomic mass is 9.93. The zero-order chi connectivity index (χ0) is 14.4. The summed E-state index contributed by atoms with van der Waals surface area (Å²) >= 11 is 0.